The van der Waals surface area contributed by atoms with E-state index in [4.69, 9.17) is 11.6 Å². The smallest absolute Gasteiger partial charge is 0.146 e. The molecule has 0 aliphatic carbocycles. The highest BCUT2D eigenvalue weighted by atomic mass is 79.9. The molecule has 0 radical (unpaired) electrons. The average Bonchev–Trinajstić information content (AvgIpc) is 2.71. The third-order valence-electron chi connectivity index (χ3n) is 2.08. The maximum Gasteiger partial charge on any atom is 0.146 e. The zero-order valence-electron chi connectivity index (χ0n) is 8.12. The SMILES string of the molecule is OC(c1ncc(Cl)s1)c1c(F)ccc(Br)c1F. The van der Waals surface area contributed by atoms with Gasteiger partial charge in [-0.3, -0.25) is 0 Å². The molecule has 2 nitrogen and oxygen atoms in total. The summed E-state index contributed by atoms with van der Waals surface area (Å²) in [5.41, 5.74) is -0.439. The Balaban J connectivity index is 2.50. The second-order valence-electron chi connectivity index (χ2n) is 3.16. The van der Waals surface area contributed by atoms with Crippen molar-refractivity contribution in [1.29, 1.82) is 0 Å². The number of rotatable bonds is 2. The second kappa shape index (κ2) is 4.97. The standard InChI is InChI=1S/C10H5BrClF2NOS/c11-4-1-2-5(13)7(8(4)14)9(16)10-15-3-6(12)17-10/h1-3,9,16H. The molecular formula is C10H5BrClF2NOS. The van der Waals surface area contributed by atoms with Crippen LogP contribution in [0.15, 0.2) is 22.8 Å². The third kappa shape index (κ3) is 2.49. The van der Waals surface area contributed by atoms with Crippen molar-refractivity contribution in [2.24, 2.45) is 0 Å². The molecule has 1 heterocycles. The number of aromatic nitrogens is 1. The number of thiazole rings is 1. The first-order valence-electron chi connectivity index (χ1n) is 4.43. The van der Waals surface area contributed by atoms with E-state index in [9.17, 15) is 13.9 Å². The normalized spacial score (nSPS) is 12.8. The highest BCUT2D eigenvalue weighted by molar-refractivity contribution is 9.10. The number of benzene rings is 1. The maximum atomic E-state index is 13.7. The zero-order chi connectivity index (χ0) is 12.6. The van der Waals surface area contributed by atoms with Crippen molar-refractivity contribution in [3.8, 4) is 0 Å². The lowest BCUT2D eigenvalue weighted by Gasteiger charge is -2.11. The fourth-order valence-corrected chi connectivity index (χ4v) is 2.58. The van der Waals surface area contributed by atoms with Crippen LogP contribution in [0.4, 0.5) is 8.78 Å². The van der Waals surface area contributed by atoms with Crippen LogP contribution in [0.5, 0.6) is 0 Å². The quantitative estimate of drug-likeness (QED) is 0.841. The van der Waals surface area contributed by atoms with Gasteiger partial charge in [-0.25, -0.2) is 13.8 Å². The van der Waals surface area contributed by atoms with Crippen LogP contribution in [-0.4, -0.2) is 10.1 Å². The van der Waals surface area contributed by atoms with Crippen LogP contribution >= 0.6 is 38.9 Å². The Morgan fingerprint density at radius 3 is 2.71 bits per heavy atom. The van der Waals surface area contributed by atoms with Gasteiger partial charge in [0, 0.05) is 0 Å². The van der Waals surface area contributed by atoms with Gasteiger partial charge in [-0.1, -0.05) is 11.6 Å². The van der Waals surface area contributed by atoms with Crippen LogP contribution in [0.25, 0.3) is 0 Å². The largest absolute Gasteiger partial charge is 0.381 e. The van der Waals surface area contributed by atoms with Gasteiger partial charge in [-0.2, -0.15) is 0 Å². The molecule has 1 aromatic carbocycles. The van der Waals surface area contributed by atoms with Crippen molar-refractivity contribution < 1.29 is 13.9 Å². The molecule has 2 rings (SSSR count). The van der Waals surface area contributed by atoms with E-state index in [0.29, 0.717) is 4.34 Å². The van der Waals surface area contributed by atoms with Crippen molar-refractivity contribution in [3.05, 3.63) is 49.3 Å². The molecule has 0 bridgehead atoms. The van der Waals surface area contributed by atoms with E-state index in [0.717, 1.165) is 17.4 Å². The minimum absolute atomic E-state index is 0.0793. The van der Waals surface area contributed by atoms with Crippen molar-refractivity contribution in [3.63, 3.8) is 0 Å². The molecule has 0 spiro atoms. The van der Waals surface area contributed by atoms with Crippen LogP contribution in [0.3, 0.4) is 0 Å². The molecule has 1 unspecified atom stereocenters. The van der Waals surface area contributed by atoms with E-state index in [1.165, 1.54) is 12.3 Å². The van der Waals surface area contributed by atoms with Crippen molar-refractivity contribution in [1.82, 2.24) is 4.98 Å². The molecule has 90 valence electrons. The third-order valence-corrected chi connectivity index (χ3v) is 3.86. The predicted molar refractivity (Wildman–Crippen MR) is 65.2 cm³/mol. The minimum Gasteiger partial charge on any atom is -0.381 e. The maximum absolute atomic E-state index is 13.7. The Morgan fingerprint density at radius 2 is 2.12 bits per heavy atom. The Morgan fingerprint density at radius 1 is 1.41 bits per heavy atom. The molecule has 0 saturated carbocycles. The molecule has 0 aliphatic rings. The summed E-state index contributed by atoms with van der Waals surface area (Å²) in [6.07, 6.45) is -0.150. The van der Waals surface area contributed by atoms with E-state index in [-0.39, 0.29) is 9.48 Å². The molecule has 0 fully saturated rings. The molecule has 1 atom stereocenters. The van der Waals surface area contributed by atoms with E-state index in [2.05, 4.69) is 20.9 Å². The van der Waals surface area contributed by atoms with Gasteiger partial charge in [0.25, 0.3) is 0 Å². The van der Waals surface area contributed by atoms with Crippen LogP contribution in [0.1, 0.15) is 16.7 Å². The zero-order valence-corrected chi connectivity index (χ0v) is 11.3. The lowest BCUT2D eigenvalue weighted by Crippen LogP contribution is -2.06. The number of hydrogen-bond donors (Lipinski definition) is 1. The van der Waals surface area contributed by atoms with Gasteiger partial charge < -0.3 is 5.11 Å². The van der Waals surface area contributed by atoms with Gasteiger partial charge in [0.1, 0.15) is 27.1 Å². The van der Waals surface area contributed by atoms with Crippen molar-refractivity contribution in [2.75, 3.05) is 0 Å². The summed E-state index contributed by atoms with van der Waals surface area (Å²) in [5.74, 6) is -1.67. The molecule has 1 aromatic heterocycles. The van der Waals surface area contributed by atoms with Gasteiger partial charge in [0.2, 0.25) is 0 Å². The highest BCUT2D eigenvalue weighted by Crippen LogP contribution is 2.33. The number of nitrogens with zero attached hydrogens (tertiary/aromatic N) is 1. The van der Waals surface area contributed by atoms with Crippen LogP contribution in [-0.2, 0) is 0 Å². The Labute approximate surface area is 113 Å². The van der Waals surface area contributed by atoms with Gasteiger partial charge in [-0.15, -0.1) is 11.3 Å². The topological polar surface area (TPSA) is 33.1 Å². The average molecular weight is 341 g/mol. The molecule has 2 aromatic rings. The Bertz CT molecular complexity index is 563. The summed E-state index contributed by atoms with van der Waals surface area (Å²) < 4.78 is 27.6. The molecule has 0 amide bonds. The first-order chi connectivity index (χ1) is 8.00. The van der Waals surface area contributed by atoms with E-state index < -0.39 is 23.3 Å². The molecule has 0 aliphatic heterocycles. The van der Waals surface area contributed by atoms with E-state index in [1.54, 1.807) is 0 Å². The lowest BCUT2D eigenvalue weighted by molar-refractivity contribution is 0.208. The van der Waals surface area contributed by atoms with Gasteiger partial charge >= 0.3 is 0 Å². The van der Waals surface area contributed by atoms with Gasteiger partial charge in [-0.05, 0) is 28.1 Å². The summed E-state index contributed by atoms with van der Waals surface area (Å²) in [5, 5.41) is 10.0. The monoisotopic (exact) mass is 339 g/mol. The number of aliphatic hydroxyl groups is 1. The fraction of sp³-hybridized carbons (Fsp3) is 0.100. The first-order valence-corrected chi connectivity index (χ1v) is 6.42. The summed E-state index contributed by atoms with van der Waals surface area (Å²) in [6.45, 7) is 0. The molecule has 0 saturated heterocycles. The molecule has 1 N–H and O–H groups in total. The van der Waals surface area contributed by atoms with Crippen LogP contribution < -0.4 is 0 Å². The first kappa shape index (κ1) is 12.9. The minimum atomic E-state index is -1.47. The summed E-state index contributed by atoms with van der Waals surface area (Å²) in [7, 11) is 0. The summed E-state index contributed by atoms with van der Waals surface area (Å²) in [6, 6.07) is 2.30. The Kier molecular flexibility index (Phi) is 3.77. The highest BCUT2D eigenvalue weighted by Gasteiger charge is 2.23. The molecule has 7 heteroatoms. The van der Waals surface area contributed by atoms with Crippen LogP contribution in [0, 0.1) is 11.6 Å². The van der Waals surface area contributed by atoms with Gasteiger partial charge in [0.15, 0.2) is 0 Å². The summed E-state index contributed by atoms with van der Waals surface area (Å²) >= 11 is 9.55. The Hall–Kier alpha value is -0.560. The fourth-order valence-electron chi connectivity index (χ4n) is 1.31. The van der Waals surface area contributed by atoms with Gasteiger partial charge in [0.05, 0.1) is 16.2 Å². The molecular weight excluding hydrogens is 336 g/mol. The second-order valence-corrected chi connectivity index (χ2v) is 5.71. The van der Waals surface area contributed by atoms with E-state index in [1.807, 2.05) is 0 Å². The summed E-state index contributed by atoms with van der Waals surface area (Å²) in [4.78, 5) is 3.79. The number of aliphatic hydroxyl groups excluding tert-OH is 1. The van der Waals surface area contributed by atoms with Crippen molar-refractivity contribution >= 4 is 38.9 Å². The van der Waals surface area contributed by atoms with Crippen molar-refractivity contribution in [2.45, 2.75) is 6.10 Å². The number of halogens is 4. The predicted octanol–water partition coefficient (Wildman–Crippen LogP) is 3.92. The lowest BCUT2D eigenvalue weighted by atomic mass is 10.1. The molecule has 17 heavy (non-hydrogen) atoms. The van der Waals surface area contributed by atoms with Crippen LogP contribution in [0.2, 0.25) is 4.34 Å². The van der Waals surface area contributed by atoms with E-state index >= 15 is 0 Å². The number of hydrogen-bond acceptors (Lipinski definition) is 3.